The molecule has 5 heteroatoms. The molecule has 2 rings (SSSR count). The summed E-state index contributed by atoms with van der Waals surface area (Å²) >= 11 is 0. The van der Waals surface area contributed by atoms with Crippen molar-refractivity contribution in [3.63, 3.8) is 0 Å². The van der Waals surface area contributed by atoms with Crippen LogP contribution in [-0.4, -0.2) is 53.8 Å². The Morgan fingerprint density at radius 1 is 1.50 bits per heavy atom. The number of nitrogens with zero attached hydrogens (tertiary/aromatic N) is 2. The van der Waals surface area contributed by atoms with Gasteiger partial charge < -0.3 is 16.2 Å². The highest BCUT2D eigenvalue weighted by Gasteiger charge is 2.34. The topological polar surface area (TPSA) is 73.9 Å². The van der Waals surface area contributed by atoms with Crippen LogP contribution in [0.4, 0.5) is 0 Å². The van der Waals surface area contributed by atoms with E-state index in [0.717, 1.165) is 32.4 Å². The second kappa shape index (κ2) is 5.89. The summed E-state index contributed by atoms with van der Waals surface area (Å²) in [5.74, 6) is 0.471. The molecule has 5 nitrogen and oxygen atoms in total. The number of rotatable bonds is 5. The maximum atomic E-state index is 9.92. The van der Waals surface area contributed by atoms with Crippen LogP contribution >= 0.6 is 0 Å². The molecule has 1 aliphatic heterocycles. The lowest BCUT2D eigenvalue weighted by molar-refractivity contribution is -0.0235. The van der Waals surface area contributed by atoms with E-state index in [1.807, 2.05) is 0 Å². The summed E-state index contributed by atoms with van der Waals surface area (Å²) in [7, 11) is 0. The Hall–Kier alpha value is -0.810. The average molecular weight is 254 g/mol. The third kappa shape index (κ3) is 3.36. The first-order valence-corrected chi connectivity index (χ1v) is 7.13. The Labute approximate surface area is 109 Å². The summed E-state index contributed by atoms with van der Waals surface area (Å²) in [4.78, 5) is 6.72. The Kier molecular flexibility index (Phi) is 4.45. The van der Waals surface area contributed by atoms with Crippen LogP contribution in [-0.2, 0) is 0 Å². The van der Waals surface area contributed by atoms with E-state index in [1.54, 1.807) is 0 Å². The van der Waals surface area contributed by atoms with E-state index < -0.39 is 5.60 Å². The fourth-order valence-corrected chi connectivity index (χ4v) is 2.80. The monoisotopic (exact) mass is 254 g/mol. The van der Waals surface area contributed by atoms with Crippen molar-refractivity contribution >= 4 is 5.96 Å². The van der Waals surface area contributed by atoms with E-state index in [0.29, 0.717) is 18.5 Å². The zero-order chi connectivity index (χ0) is 13.0. The maximum absolute atomic E-state index is 9.92. The Balaban J connectivity index is 1.70. The lowest BCUT2D eigenvalue weighted by atomic mass is 9.80. The number of likely N-dealkylation sites (tertiary alicyclic amines) is 1. The molecule has 0 bridgehead atoms. The van der Waals surface area contributed by atoms with Gasteiger partial charge in [-0.15, -0.1) is 0 Å². The minimum Gasteiger partial charge on any atom is -0.388 e. The zero-order valence-electron chi connectivity index (χ0n) is 11.4. The van der Waals surface area contributed by atoms with Crippen molar-refractivity contribution in [1.29, 1.82) is 0 Å². The molecule has 0 spiro atoms. The first-order chi connectivity index (χ1) is 8.63. The lowest BCUT2D eigenvalue weighted by Crippen LogP contribution is -2.44. The van der Waals surface area contributed by atoms with Gasteiger partial charge in [-0.1, -0.05) is 6.92 Å². The zero-order valence-corrected chi connectivity index (χ0v) is 11.4. The second-order valence-corrected chi connectivity index (χ2v) is 5.58. The van der Waals surface area contributed by atoms with Crippen molar-refractivity contribution in [1.82, 2.24) is 10.2 Å². The number of nitrogens with one attached hydrogen (secondary N) is 1. The standard InChI is InChI=1S/C13H26N4O/c1-2-17-8-3-5-11(17)9-15-12(14)16-10-13(18)6-4-7-13/h11,18H,2-10H2,1H3,(H3,14,15,16). The van der Waals surface area contributed by atoms with Crippen molar-refractivity contribution < 1.29 is 5.11 Å². The van der Waals surface area contributed by atoms with Crippen LogP contribution in [0.15, 0.2) is 4.99 Å². The van der Waals surface area contributed by atoms with E-state index in [2.05, 4.69) is 22.1 Å². The Bertz CT molecular complexity index is 301. The fourth-order valence-electron chi connectivity index (χ4n) is 2.80. The molecule has 4 N–H and O–H groups in total. The normalized spacial score (nSPS) is 28.1. The van der Waals surface area contributed by atoms with E-state index in [4.69, 9.17) is 5.73 Å². The van der Waals surface area contributed by atoms with E-state index in [9.17, 15) is 5.11 Å². The van der Waals surface area contributed by atoms with Gasteiger partial charge in [0.1, 0.15) is 0 Å². The molecule has 1 heterocycles. The van der Waals surface area contributed by atoms with Gasteiger partial charge in [0.25, 0.3) is 0 Å². The fraction of sp³-hybridized carbons (Fsp3) is 0.923. The molecule has 104 valence electrons. The molecule has 0 amide bonds. The minimum atomic E-state index is -0.574. The molecule has 0 radical (unpaired) electrons. The number of guanidine groups is 1. The van der Waals surface area contributed by atoms with Gasteiger partial charge in [-0.05, 0) is 45.2 Å². The molecule has 0 aromatic heterocycles. The average Bonchev–Trinajstić information content (AvgIpc) is 2.78. The lowest BCUT2D eigenvalue weighted by Gasteiger charge is -2.35. The molecule has 2 aliphatic rings. The third-order valence-corrected chi connectivity index (χ3v) is 4.25. The van der Waals surface area contributed by atoms with Crippen LogP contribution < -0.4 is 11.1 Å². The molecule has 1 saturated carbocycles. The Morgan fingerprint density at radius 3 is 2.89 bits per heavy atom. The van der Waals surface area contributed by atoms with Gasteiger partial charge in [-0.25, -0.2) is 0 Å². The summed E-state index contributed by atoms with van der Waals surface area (Å²) < 4.78 is 0. The van der Waals surface area contributed by atoms with Crippen molar-refractivity contribution in [3.05, 3.63) is 0 Å². The van der Waals surface area contributed by atoms with Gasteiger partial charge in [0.05, 0.1) is 12.1 Å². The number of likely N-dealkylation sites (N-methyl/N-ethyl adjacent to an activating group) is 1. The quantitative estimate of drug-likeness (QED) is 0.487. The highest BCUT2D eigenvalue weighted by atomic mass is 16.3. The van der Waals surface area contributed by atoms with Crippen molar-refractivity contribution in [3.8, 4) is 0 Å². The SMILES string of the molecule is CCN1CCCC1CNC(N)=NCC1(O)CCC1. The molecule has 18 heavy (non-hydrogen) atoms. The molecule has 2 fully saturated rings. The summed E-state index contributed by atoms with van der Waals surface area (Å²) in [6, 6.07) is 0.579. The van der Waals surface area contributed by atoms with Gasteiger partial charge in [-0.3, -0.25) is 9.89 Å². The predicted octanol–water partition coefficient (Wildman–Crippen LogP) is 0.290. The number of aliphatic hydroxyl groups is 1. The highest BCUT2D eigenvalue weighted by Crippen LogP contribution is 2.31. The molecule has 1 aliphatic carbocycles. The molecular formula is C13H26N4O. The first-order valence-electron chi connectivity index (χ1n) is 7.13. The number of hydrogen-bond acceptors (Lipinski definition) is 3. The molecular weight excluding hydrogens is 228 g/mol. The highest BCUT2D eigenvalue weighted by molar-refractivity contribution is 5.77. The van der Waals surface area contributed by atoms with E-state index >= 15 is 0 Å². The smallest absolute Gasteiger partial charge is 0.188 e. The number of nitrogens with two attached hydrogens (primary N) is 1. The third-order valence-electron chi connectivity index (χ3n) is 4.25. The molecule has 1 unspecified atom stereocenters. The molecule has 0 aromatic carbocycles. The summed E-state index contributed by atoms with van der Waals surface area (Å²) in [6.07, 6.45) is 5.33. The summed E-state index contributed by atoms with van der Waals surface area (Å²) in [5.41, 5.74) is 5.26. The van der Waals surface area contributed by atoms with E-state index in [1.165, 1.54) is 19.4 Å². The minimum absolute atomic E-state index is 0.438. The van der Waals surface area contributed by atoms with Gasteiger partial charge in [0, 0.05) is 12.6 Å². The van der Waals surface area contributed by atoms with Crippen LogP contribution in [0.1, 0.15) is 39.0 Å². The van der Waals surface area contributed by atoms with Crippen LogP contribution in [0.25, 0.3) is 0 Å². The van der Waals surface area contributed by atoms with Crippen molar-refractivity contribution in [2.45, 2.75) is 50.7 Å². The summed E-state index contributed by atoms with van der Waals surface area (Å²) in [6.45, 7) is 5.79. The first kappa shape index (κ1) is 13.6. The second-order valence-electron chi connectivity index (χ2n) is 5.58. The van der Waals surface area contributed by atoms with Crippen LogP contribution in [0.3, 0.4) is 0 Å². The summed E-state index contributed by atoms with van der Waals surface area (Å²) in [5, 5.41) is 13.1. The van der Waals surface area contributed by atoms with Gasteiger partial charge in [0.15, 0.2) is 5.96 Å². The van der Waals surface area contributed by atoms with Gasteiger partial charge in [-0.2, -0.15) is 0 Å². The maximum Gasteiger partial charge on any atom is 0.188 e. The number of hydrogen-bond donors (Lipinski definition) is 3. The van der Waals surface area contributed by atoms with Crippen LogP contribution in [0.2, 0.25) is 0 Å². The van der Waals surface area contributed by atoms with Gasteiger partial charge >= 0.3 is 0 Å². The van der Waals surface area contributed by atoms with E-state index in [-0.39, 0.29) is 0 Å². The van der Waals surface area contributed by atoms with Crippen molar-refractivity contribution in [2.24, 2.45) is 10.7 Å². The molecule has 0 aromatic rings. The predicted molar refractivity (Wildman–Crippen MR) is 73.6 cm³/mol. The number of aliphatic imine (C=N–C) groups is 1. The van der Waals surface area contributed by atoms with Gasteiger partial charge in [0.2, 0.25) is 0 Å². The van der Waals surface area contributed by atoms with Crippen molar-refractivity contribution in [2.75, 3.05) is 26.2 Å². The largest absolute Gasteiger partial charge is 0.388 e. The Morgan fingerprint density at radius 2 is 2.28 bits per heavy atom. The molecule has 1 atom stereocenters. The molecule has 1 saturated heterocycles. The van der Waals surface area contributed by atoms with Crippen LogP contribution in [0.5, 0.6) is 0 Å². The van der Waals surface area contributed by atoms with Crippen LogP contribution in [0, 0.1) is 0 Å².